The minimum absolute atomic E-state index is 0.0448. The number of ether oxygens (including phenoxy) is 1. The number of carbonyl (C=O) groups is 2. The molecule has 2 aliphatic rings. The Labute approximate surface area is 161 Å². The summed E-state index contributed by atoms with van der Waals surface area (Å²) in [5, 5.41) is 8.36. The lowest BCUT2D eigenvalue weighted by molar-refractivity contribution is -0.269. The number of fused-ring (bicyclic) bond motifs is 1. The van der Waals surface area contributed by atoms with Crippen molar-refractivity contribution in [2.75, 3.05) is 5.32 Å². The first-order valence-corrected chi connectivity index (χ1v) is 8.62. The number of anilines is 1. The molecule has 148 valence electrons. The Kier molecular flexibility index (Phi) is 4.07. The first kappa shape index (κ1) is 18.6. The normalized spacial score (nSPS) is 22.6. The molecule has 2 heterocycles. The molecule has 1 saturated carbocycles. The van der Waals surface area contributed by atoms with Gasteiger partial charge in [0.25, 0.3) is 5.91 Å². The molecule has 0 spiro atoms. The molecule has 0 saturated heterocycles. The van der Waals surface area contributed by atoms with Crippen LogP contribution < -0.4 is 10.6 Å². The van der Waals surface area contributed by atoms with Crippen LogP contribution in [-0.2, 0) is 10.3 Å². The SMILES string of the molecule is O=C1Nc2ccc(Cl)cc2C(CC2(NC(=O)c3ccon3)CC2)(C(F)(F)F)O1. The summed E-state index contributed by atoms with van der Waals surface area (Å²) in [5.74, 6) is -0.671. The highest BCUT2D eigenvalue weighted by atomic mass is 35.5. The van der Waals surface area contributed by atoms with E-state index in [1.165, 1.54) is 24.5 Å². The number of carbonyl (C=O) groups excluding carboxylic acids is 2. The zero-order valence-corrected chi connectivity index (χ0v) is 14.9. The molecule has 1 atom stereocenters. The van der Waals surface area contributed by atoms with Crippen molar-refractivity contribution in [1.29, 1.82) is 0 Å². The molecule has 0 radical (unpaired) electrons. The first-order chi connectivity index (χ1) is 13.1. The summed E-state index contributed by atoms with van der Waals surface area (Å²) in [6.45, 7) is 0. The molecule has 1 aromatic heterocycles. The third kappa shape index (κ3) is 3.07. The second-order valence-electron chi connectivity index (χ2n) is 6.83. The third-order valence-electron chi connectivity index (χ3n) is 4.87. The fraction of sp³-hybridized carbons (Fsp3) is 0.353. The first-order valence-electron chi connectivity index (χ1n) is 8.24. The van der Waals surface area contributed by atoms with E-state index in [0.29, 0.717) is 0 Å². The summed E-state index contributed by atoms with van der Waals surface area (Å²) in [6.07, 6.45) is -5.11. The van der Waals surface area contributed by atoms with E-state index in [0.717, 1.165) is 6.07 Å². The number of nitrogens with one attached hydrogen (secondary N) is 2. The number of amides is 2. The van der Waals surface area contributed by atoms with Crippen LogP contribution in [0.3, 0.4) is 0 Å². The molecule has 1 aliphatic carbocycles. The predicted molar refractivity (Wildman–Crippen MR) is 89.8 cm³/mol. The lowest BCUT2D eigenvalue weighted by atomic mass is 9.83. The molecule has 1 unspecified atom stereocenters. The van der Waals surface area contributed by atoms with Crippen LogP contribution in [0.5, 0.6) is 0 Å². The van der Waals surface area contributed by atoms with Gasteiger partial charge in [0, 0.05) is 28.6 Å². The van der Waals surface area contributed by atoms with Crippen molar-refractivity contribution in [3.63, 3.8) is 0 Å². The molecular weight excluding hydrogens is 403 g/mol. The van der Waals surface area contributed by atoms with Gasteiger partial charge in [-0.15, -0.1) is 0 Å². The van der Waals surface area contributed by atoms with Crippen LogP contribution in [0.25, 0.3) is 0 Å². The monoisotopic (exact) mass is 415 g/mol. The highest BCUT2D eigenvalue weighted by Crippen LogP contribution is 2.56. The molecule has 1 aromatic carbocycles. The van der Waals surface area contributed by atoms with Gasteiger partial charge < -0.3 is 14.6 Å². The van der Waals surface area contributed by atoms with Gasteiger partial charge in [0.2, 0.25) is 5.60 Å². The van der Waals surface area contributed by atoms with Crippen molar-refractivity contribution < 1.29 is 32.0 Å². The standard InChI is InChI=1S/C17H13ClF3N3O4/c18-9-1-2-11-10(7-9)16(17(19,20)21,28-14(26)22-11)8-15(4-5-15)23-13(25)12-3-6-27-24-12/h1-3,6-7H,4-5,8H2,(H,22,26)(H,23,25). The fourth-order valence-electron chi connectivity index (χ4n) is 3.36. The topological polar surface area (TPSA) is 93.5 Å². The van der Waals surface area contributed by atoms with Crippen molar-refractivity contribution >= 4 is 29.3 Å². The minimum atomic E-state index is -4.95. The van der Waals surface area contributed by atoms with E-state index in [1.807, 2.05) is 0 Å². The van der Waals surface area contributed by atoms with Crippen LogP contribution in [0, 0.1) is 0 Å². The number of alkyl halides is 3. The molecular formula is C17H13ClF3N3O4. The Morgan fingerprint density at radius 2 is 2.07 bits per heavy atom. The smallest absolute Gasteiger partial charge is 0.428 e. The quantitative estimate of drug-likeness (QED) is 0.787. The molecule has 1 fully saturated rings. The summed E-state index contributed by atoms with van der Waals surface area (Å²) in [5.41, 5.74) is -4.57. The lowest BCUT2D eigenvalue weighted by Gasteiger charge is -2.41. The third-order valence-corrected chi connectivity index (χ3v) is 5.10. The Bertz CT molecular complexity index is 944. The van der Waals surface area contributed by atoms with E-state index >= 15 is 0 Å². The van der Waals surface area contributed by atoms with Gasteiger partial charge in [-0.05, 0) is 31.0 Å². The number of nitrogens with zero attached hydrogens (tertiary/aromatic N) is 1. The van der Waals surface area contributed by atoms with Gasteiger partial charge in [0.05, 0.1) is 5.69 Å². The van der Waals surface area contributed by atoms with Gasteiger partial charge in [-0.1, -0.05) is 16.8 Å². The van der Waals surface area contributed by atoms with Crippen molar-refractivity contribution in [1.82, 2.24) is 10.5 Å². The van der Waals surface area contributed by atoms with Crippen LogP contribution >= 0.6 is 11.6 Å². The van der Waals surface area contributed by atoms with E-state index in [-0.39, 0.29) is 34.8 Å². The van der Waals surface area contributed by atoms with Gasteiger partial charge in [0.15, 0.2) is 5.69 Å². The Morgan fingerprint density at radius 3 is 2.68 bits per heavy atom. The maximum absolute atomic E-state index is 14.3. The van der Waals surface area contributed by atoms with Crippen LogP contribution in [0.15, 0.2) is 35.1 Å². The van der Waals surface area contributed by atoms with Gasteiger partial charge in [-0.2, -0.15) is 13.2 Å². The van der Waals surface area contributed by atoms with E-state index in [2.05, 4.69) is 20.3 Å². The molecule has 1 aliphatic heterocycles. The number of benzene rings is 1. The summed E-state index contributed by atoms with van der Waals surface area (Å²) >= 11 is 5.91. The Hall–Kier alpha value is -2.75. The summed E-state index contributed by atoms with van der Waals surface area (Å²) in [4.78, 5) is 24.2. The lowest BCUT2D eigenvalue weighted by Crippen LogP contribution is -2.55. The van der Waals surface area contributed by atoms with Crippen molar-refractivity contribution in [2.45, 2.75) is 36.6 Å². The fourth-order valence-corrected chi connectivity index (χ4v) is 3.53. The number of hydrogen-bond donors (Lipinski definition) is 2. The van der Waals surface area contributed by atoms with E-state index in [4.69, 9.17) is 16.3 Å². The second kappa shape index (κ2) is 6.13. The summed E-state index contributed by atoms with van der Waals surface area (Å²) < 4.78 is 52.2. The Balaban J connectivity index is 1.73. The maximum atomic E-state index is 14.3. The van der Waals surface area contributed by atoms with Crippen molar-refractivity contribution in [2.24, 2.45) is 0 Å². The van der Waals surface area contributed by atoms with Crippen LogP contribution in [-0.4, -0.2) is 28.9 Å². The average molecular weight is 416 g/mol. The molecule has 2 N–H and O–H groups in total. The highest BCUT2D eigenvalue weighted by molar-refractivity contribution is 6.30. The van der Waals surface area contributed by atoms with E-state index in [9.17, 15) is 22.8 Å². The Morgan fingerprint density at radius 1 is 1.32 bits per heavy atom. The van der Waals surface area contributed by atoms with E-state index < -0.39 is 35.7 Å². The van der Waals surface area contributed by atoms with Crippen LogP contribution in [0.2, 0.25) is 5.02 Å². The molecule has 7 nitrogen and oxygen atoms in total. The molecule has 2 amide bonds. The molecule has 2 aromatic rings. The summed E-state index contributed by atoms with van der Waals surface area (Å²) in [7, 11) is 0. The van der Waals surface area contributed by atoms with Crippen LogP contribution in [0.4, 0.5) is 23.7 Å². The molecule has 28 heavy (non-hydrogen) atoms. The van der Waals surface area contributed by atoms with Gasteiger partial charge in [0.1, 0.15) is 6.26 Å². The maximum Gasteiger partial charge on any atom is 0.433 e. The zero-order valence-electron chi connectivity index (χ0n) is 14.1. The number of halogens is 4. The number of aromatic nitrogens is 1. The van der Waals surface area contributed by atoms with Crippen LogP contribution in [0.1, 0.15) is 35.3 Å². The van der Waals surface area contributed by atoms with Gasteiger partial charge in [-0.3, -0.25) is 10.1 Å². The molecule has 0 bridgehead atoms. The van der Waals surface area contributed by atoms with Gasteiger partial charge >= 0.3 is 12.3 Å². The van der Waals surface area contributed by atoms with E-state index in [1.54, 1.807) is 0 Å². The largest absolute Gasteiger partial charge is 0.433 e. The minimum Gasteiger partial charge on any atom is -0.428 e. The number of hydrogen-bond acceptors (Lipinski definition) is 5. The highest BCUT2D eigenvalue weighted by Gasteiger charge is 2.67. The number of rotatable bonds is 4. The van der Waals surface area contributed by atoms with Crippen molar-refractivity contribution in [3.8, 4) is 0 Å². The zero-order chi connectivity index (χ0) is 20.2. The number of cyclic esters (lactones) is 1. The van der Waals surface area contributed by atoms with Crippen molar-refractivity contribution in [3.05, 3.63) is 46.8 Å². The second-order valence-corrected chi connectivity index (χ2v) is 7.26. The summed E-state index contributed by atoms with van der Waals surface area (Å²) in [6, 6.07) is 5.06. The molecule has 11 heteroatoms. The predicted octanol–water partition coefficient (Wildman–Crippen LogP) is 4.00. The van der Waals surface area contributed by atoms with Gasteiger partial charge in [-0.25, -0.2) is 4.79 Å². The average Bonchev–Trinajstić information content (AvgIpc) is 3.13. The molecule has 4 rings (SSSR count).